The first-order chi connectivity index (χ1) is 9.70. The monoisotopic (exact) mass is 285 g/mol. The van der Waals surface area contributed by atoms with E-state index in [0.717, 1.165) is 38.7 Å². The van der Waals surface area contributed by atoms with Gasteiger partial charge in [0.25, 0.3) is 0 Å². The van der Waals surface area contributed by atoms with Crippen molar-refractivity contribution in [2.24, 2.45) is 5.92 Å². The molecular weight excluding hydrogens is 264 g/mol. The van der Waals surface area contributed by atoms with Crippen LogP contribution in [0.5, 0.6) is 0 Å². The summed E-state index contributed by atoms with van der Waals surface area (Å²) in [6.45, 7) is 2.79. The van der Waals surface area contributed by atoms with Crippen LogP contribution in [0.25, 0.3) is 0 Å². The lowest BCUT2D eigenvalue weighted by Gasteiger charge is -2.25. The van der Waals surface area contributed by atoms with Crippen LogP contribution in [-0.4, -0.2) is 33.5 Å². The summed E-state index contributed by atoms with van der Waals surface area (Å²) < 4.78 is 36.9. The fraction of sp³-hybridized carbons (Fsp3) is 0.600. The number of methoxy groups -OCH3 is 1. The summed E-state index contributed by atoms with van der Waals surface area (Å²) >= 11 is 0. The van der Waals surface area contributed by atoms with Crippen LogP contribution >= 0.6 is 0 Å². The Morgan fingerprint density at radius 2 is 2.25 bits per heavy atom. The molecule has 0 amide bonds. The quantitative estimate of drug-likeness (QED) is 0.871. The van der Waals surface area contributed by atoms with Gasteiger partial charge in [0, 0.05) is 20.3 Å². The number of rotatable bonds is 6. The minimum atomic E-state index is -0.828. The third kappa shape index (κ3) is 4.23. The Kier molecular flexibility index (Phi) is 5.88. The second-order valence-corrected chi connectivity index (χ2v) is 5.17. The van der Waals surface area contributed by atoms with E-state index in [9.17, 15) is 8.78 Å². The topological polar surface area (TPSA) is 30.5 Å². The van der Waals surface area contributed by atoms with Gasteiger partial charge in [0.1, 0.15) is 0 Å². The molecule has 1 aliphatic rings. The molecule has 1 N–H and O–H groups in total. The summed E-state index contributed by atoms with van der Waals surface area (Å²) in [5.41, 5.74) is 0.697. The number of ether oxygens (including phenoxy) is 2. The van der Waals surface area contributed by atoms with Crippen LogP contribution < -0.4 is 5.32 Å². The summed E-state index contributed by atoms with van der Waals surface area (Å²) in [7, 11) is 1.60. The number of halogens is 2. The first-order valence-corrected chi connectivity index (χ1v) is 6.95. The van der Waals surface area contributed by atoms with E-state index < -0.39 is 11.6 Å². The molecule has 0 unspecified atom stereocenters. The van der Waals surface area contributed by atoms with E-state index in [2.05, 4.69) is 5.32 Å². The Morgan fingerprint density at radius 1 is 1.40 bits per heavy atom. The average Bonchev–Trinajstić information content (AvgIpc) is 2.47. The molecule has 0 bridgehead atoms. The van der Waals surface area contributed by atoms with E-state index in [-0.39, 0.29) is 6.04 Å². The Bertz CT molecular complexity index is 422. The van der Waals surface area contributed by atoms with Gasteiger partial charge in [0.05, 0.1) is 19.3 Å². The van der Waals surface area contributed by atoms with Crippen molar-refractivity contribution >= 4 is 0 Å². The van der Waals surface area contributed by atoms with Crippen molar-refractivity contribution in [3.05, 3.63) is 35.4 Å². The van der Waals surface area contributed by atoms with E-state index in [4.69, 9.17) is 9.47 Å². The second kappa shape index (κ2) is 7.67. The zero-order valence-electron chi connectivity index (χ0n) is 11.7. The van der Waals surface area contributed by atoms with Crippen LogP contribution in [0.1, 0.15) is 24.4 Å². The SMILES string of the molecule is COC[C@H](NC[C@@H]1CCCOC1)c1ccc(F)c(F)c1. The molecule has 1 heterocycles. The summed E-state index contributed by atoms with van der Waals surface area (Å²) in [6.07, 6.45) is 2.21. The largest absolute Gasteiger partial charge is 0.383 e. The Hall–Kier alpha value is -1.04. The van der Waals surface area contributed by atoms with E-state index in [0.29, 0.717) is 18.1 Å². The molecule has 0 spiro atoms. The average molecular weight is 285 g/mol. The van der Waals surface area contributed by atoms with Crippen LogP contribution in [-0.2, 0) is 9.47 Å². The van der Waals surface area contributed by atoms with Gasteiger partial charge >= 0.3 is 0 Å². The van der Waals surface area contributed by atoms with Crippen molar-refractivity contribution in [1.82, 2.24) is 5.32 Å². The molecule has 0 aliphatic carbocycles. The van der Waals surface area contributed by atoms with Crippen molar-refractivity contribution in [2.45, 2.75) is 18.9 Å². The smallest absolute Gasteiger partial charge is 0.159 e. The van der Waals surface area contributed by atoms with Gasteiger partial charge in [-0.15, -0.1) is 0 Å². The highest BCUT2D eigenvalue weighted by Crippen LogP contribution is 2.19. The molecule has 1 aromatic carbocycles. The van der Waals surface area contributed by atoms with Crippen molar-refractivity contribution in [2.75, 3.05) is 33.5 Å². The molecule has 2 rings (SSSR count). The standard InChI is InChI=1S/C15H21F2NO2/c1-19-10-15(12-4-5-13(16)14(17)7-12)18-8-11-3-2-6-20-9-11/h4-5,7,11,15,18H,2-3,6,8-10H2,1H3/t11-,15-/m0/s1. The molecular formula is C15H21F2NO2. The number of nitrogens with one attached hydrogen (secondary N) is 1. The van der Waals surface area contributed by atoms with Crippen molar-refractivity contribution < 1.29 is 18.3 Å². The summed E-state index contributed by atoms with van der Waals surface area (Å²) in [4.78, 5) is 0. The highest BCUT2D eigenvalue weighted by molar-refractivity contribution is 5.21. The third-order valence-electron chi connectivity index (χ3n) is 3.59. The van der Waals surface area contributed by atoms with Gasteiger partial charge in [-0.2, -0.15) is 0 Å². The van der Waals surface area contributed by atoms with Crippen LogP contribution in [0.3, 0.4) is 0 Å². The molecule has 0 radical (unpaired) electrons. The molecule has 3 nitrogen and oxygen atoms in total. The molecule has 20 heavy (non-hydrogen) atoms. The molecule has 1 fully saturated rings. The molecule has 0 aromatic heterocycles. The van der Waals surface area contributed by atoms with Crippen LogP contribution in [0.4, 0.5) is 8.78 Å². The highest BCUT2D eigenvalue weighted by Gasteiger charge is 2.18. The van der Waals surface area contributed by atoms with E-state index in [1.807, 2.05) is 0 Å². The van der Waals surface area contributed by atoms with Crippen molar-refractivity contribution in [3.63, 3.8) is 0 Å². The second-order valence-electron chi connectivity index (χ2n) is 5.17. The number of benzene rings is 1. The molecule has 1 aliphatic heterocycles. The number of hydrogen-bond donors (Lipinski definition) is 1. The zero-order chi connectivity index (χ0) is 14.4. The first kappa shape index (κ1) is 15.4. The van der Waals surface area contributed by atoms with Gasteiger partial charge in [-0.05, 0) is 36.5 Å². The first-order valence-electron chi connectivity index (χ1n) is 6.95. The van der Waals surface area contributed by atoms with Crippen molar-refractivity contribution in [3.8, 4) is 0 Å². The molecule has 1 saturated heterocycles. The maximum Gasteiger partial charge on any atom is 0.159 e. The summed E-state index contributed by atoms with van der Waals surface area (Å²) in [5.74, 6) is -1.19. The van der Waals surface area contributed by atoms with E-state index in [1.54, 1.807) is 13.2 Å². The maximum absolute atomic E-state index is 13.3. The summed E-state index contributed by atoms with van der Waals surface area (Å²) in [5, 5.41) is 3.36. The lowest BCUT2D eigenvalue weighted by molar-refractivity contribution is 0.0519. The molecule has 112 valence electrons. The molecule has 1 aromatic rings. The minimum absolute atomic E-state index is 0.142. The van der Waals surface area contributed by atoms with Crippen LogP contribution in [0.2, 0.25) is 0 Å². The predicted octanol–water partition coefficient (Wildman–Crippen LogP) is 2.67. The maximum atomic E-state index is 13.3. The van der Waals surface area contributed by atoms with Crippen LogP contribution in [0.15, 0.2) is 18.2 Å². The third-order valence-corrected chi connectivity index (χ3v) is 3.59. The number of hydrogen-bond acceptors (Lipinski definition) is 3. The summed E-state index contributed by atoms with van der Waals surface area (Å²) in [6, 6.07) is 3.83. The van der Waals surface area contributed by atoms with Crippen molar-refractivity contribution in [1.29, 1.82) is 0 Å². The van der Waals surface area contributed by atoms with Gasteiger partial charge in [-0.3, -0.25) is 0 Å². The predicted molar refractivity (Wildman–Crippen MR) is 72.5 cm³/mol. The Morgan fingerprint density at radius 3 is 2.90 bits per heavy atom. The van der Waals surface area contributed by atoms with E-state index in [1.165, 1.54) is 6.07 Å². The van der Waals surface area contributed by atoms with Gasteiger partial charge in [0.15, 0.2) is 11.6 Å². The van der Waals surface area contributed by atoms with Crippen LogP contribution in [0, 0.1) is 17.6 Å². The lowest BCUT2D eigenvalue weighted by atomic mass is 10.0. The molecule has 5 heteroatoms. The fourth-order valence-electron chi connectivity index (χ4n) is 2.45. The van der Waals surface area contributed by atoms with Gasteiger partial charge in [-0.25, -0.2) is 8.78 Å². The van der Waals surface area contributed by atoms with E-state index >= 15 is 0 Å². The Labute approximate surface area is 118 Å². The zero-order valence-corrected chi connectivity index (χ0v) is 11.7. The normalized spacial score (nSPS) is 20.9. The van der Waals surface area contributed by atoms with Gasteiger partial charge in [-0.1, -0.05) is 6.07 Å². The van der Waals surface area contributed by atoms with Gasteiger partial charge < -0.3 is 14.8 Å². The minimum Gasteiger partial charge on any atom is -0.383 e. The lowest BCUT2D eigenvalue weighted by Crippen LogP contribution is -2.33. The molecule has 2 atom stereocenters. The Balaban J connectivity index is 1.96. The van der Waals surface area contributed by atoms with Gasteiger partial charge in [0.2, 0.25) is 0 Å². The highest BCUT2D eigenvalue weighted by atomic mass is 19.2. The fourth-order valence-corrected chi connectivity index (χ4v) is 2.45. The molecule has 0 saturated carbocycles.